The molecule has 0 spiro atoms. The standard InChI is InChI=1S/C21H32N6O4/c1-14(2)9-12-26-17-18(23-20(26)25-10-5-7-15(22)13-25)24(3)21(30)27(19(17)29)11-6-8-16(28)31-4/h9,15H,5-8,10-13,22H2,1-4H3. The first kappa shape index (κ1) is 22.8. The third-order valence-electron chi connectivity index (χ3n) is 5.63. The predicted octanol–water partition coefficient (Wildman–Crippen LogP) is 0.744. The van der Waals surface area contributed by atoms with Crippen molar-refractivity contribution in [2.75, 3.05) is 25.1 Å². The van der Waals surface area contributed by atoms with Gasteiger partial charge in [0.2, 0.25) is 5.95 Å². The molecule has 31 heavy (non-hydrogen) atoms. The van der Waals surface area contributed by atoms with Gasteiger partial charge in [-0.25, -0.2) is 4.79 Å². The van der Waals surface area contributed by atoms with E-state index in [2.05, 4.69) is 9.64 Å². The Bertz CT molecular complexity index is 1110. The van der Waals surface area contributed by atoms with Crippen LogP contribution in [0.5, 0.6) is 0 Å². The van der Waals surface area contributed by atoms with Crippen LogP contribution >= 0.6 is 0 Å². The van der Waals surface area contributed by atoms with Crippen molar-refractivity contribution < 1.29 is 9.53 Å². The monoisotopic (exact) mass is 432 g/mol. The van der Waals surface area contributed by atoms with Gasteiger partial charge in [-0.2, -0.15) is 4.98 Å². The first-order valence-electron chi connectivity index (χ1n) is 10.6. The maximum absolute atomic E-state index is 13.4. The van der Waals surface area contributed by atoms with Crippen LogP contribution in [0.3, 0.4) is 0 Å². The zero-order valence-electron chi connectivity index (χ0n) is 18.8. The van der Waals surface area contributed by atoms with Crippen molar-refractivity contribution >= 4 is 23.1 Å². The van der Waals surface area contributed by atoms with E-state index in [-0.39, 0.29) is 25.0 Å². The number of methoxy groups -OCH3 is 1. The molecule has 1 aliphatic rings. The first-order valence-corrected chi connectivity index (χ1v) is 10.6. The number of fused-ring (bicyclic) bond motifs is 1. The van der Waals surface area contributed by atoms with Crippen molar-refractivity contribution in [3.8, 4) is 0 Å². The van der Waals surface area contributed by atoms with E-state index in [0.29, 0.717) is 36.6 Å². The second-order valence-electron chi connectivity index (χ2n) is 8.30. The lowest BCUT2D eigenvalue weighted by atomic mass is 10.1. The SMILES string of the molecule is COC(=O)CCCn1c(=O)c2c(nc(N3CCCC(N)C3)n2CC=C(C)C)n(C)c1=O. The van der Waals surface area contributed by atoms with Gasteiger partial charge < -0.3 is 19.9 Å². The number of nitrogens with zero attached hydrogens (tertiary/aromatic N) is 5. The van der Waals surface area contributed by atoms with E-state index in [1.165, 1.54) is 16.2 Å². The van der Waals surface area contributed by atoms with Crippen LogP contribution in [0.1, 0.15) is 39.5 Å². The summed E-state index contributed by atoms with van der Waals surface area (Å²) in [5.74, 6) is 0.283. The Kier molecular flexibility index (Phi) is 6.99. The number of ether oxygens (including phenoxy) is 1. The summed E-state index contributed by atoms with van der Waals surface area (Å²) >= 11 is 0. The summed E-state index contributed by atoms with van der Waals surface area (Å²) in [5.41, 5.74) is 7.19. The highest BCUT2D eigenvalue weighted by atomic mass is 16.5. The van der Waals surface area contributed by atoms with Crippen LogP contribution in [0, 0.1) is 0 Å². The van der Waals surface area contributed by atoms with Crippen molar-refractivity contribution in [2.45, 2.75) is 58.7 Å². The summed E-state index contributed by atoms with van der Waals surface area (Å²) in [6, 6.07) is 0.0456. The van der Waals surface area contributed by atoms with Gasteiger partial charge in [0.15, 0.2) is 11.2 Å². The highest BCUT2D eigenvalue weighted by molar-refractivity contribution is 5.75. The topological polar surface area (TPSA) is 117 Å². The van der Waals surface area contributed by atoms with Crippen molar-refractivity contribution in [3.05, 3.63) is 32.5 Å². The Hall–Kier alpha value is -2.88. The molecule has 1 saturated heterocycles. The number of allylic oxidation sites excluding steroid dienone is 2. The number of nitrogens with two attached hydrogens (primary N) is 1. The van der Waals surface area contributed by atoms with Gasteiger partial charge in [0.05, 0.1) is 7.11 Å². The molecular formula is C21H32N6O4. The van der Waals surface area contributed by atoms with E-state index in [9.17, 15) is 14.4 Å². The number of esters is 1. The minimum Gasteiger partial charge on any atom is -0.469 e. The minimum atomic E-state index is -0.448. The third-order valence-corrected chi connectivity index (χ3v) is 5.63. The summed E-state index contributed by atoms with van der Waals surface area (Å²) in [7, 11) is 2.93. The van der Waals surface area contributed by atoms with Gasteiger partial charge in [-0.15, -0.1) is 0 Å². The summed E-state index contributed by atoms with van der Waals surface area (Å²) in [6.45, 7) is 6.04. The van der Waals surface area contributed by atoms with Crippen LogP contribution in [-0.2, 0) is 29.7 Å². The van der Waals surface area contributed by atoms with Gasteiger partial charge in [0, 0.05) is 45.7 Å². The van der Waals surface area contributed by atoms with Crippen LogP contribution in [-0.4, -0.2) is 50.9 Å². The van der Waals surface area contributed by atoms with Crippen molar-refractivity contribution in [1.29, 1.82) is 0 Å². The molecule has 2 N–H and O–H groups in total. The molecule has 2 aromatic rings. The lowest BCUT2D eigenvalue weighted by Crippen LogP contribution is -2.44. The van der Waals surface area contributed by atoms with E-state index >= 15 is 0 Å². The Morgan fingerprint density at radius 3 is 2.68 bits per heavy atom. The number of carbonyl (C=O) groups excluding carboxylic acids is 1. The van der Waals surface area contributed by atoms with Crippen LogP contribution < -0.4 is 21.9 Å². The highest BCUT2D eigenvalue weighted by Crippen LogP contribution is 2.23. The quantitative estimate of drug-likeness (QED) is 0.507. The molecule has 0 bridgehead atoms. The molecule has 3 rings (SSSR count). The van der Waals surface area contributed by atoms with Gasteiger partial charge in [-0.3, -0.25) is 18.7 Å². The molecule has 0 radical (unpaired) electrons. The Morgan fingerprint density at radius 1 is 1.29 bits per heavy atom. The molecule has 1 fully saturated rings. The fraction of sp³-hybridized carbons (Fsp3) is 0.619. The predicted molar refractivity (Wildman–Crippen MR) is 119 cm³/mol. The molecular weight excluding hydrogens is 400 g/mol. The molecule has 0 aliphatic carbocycles. The molecule has 1 unspecified atom stereocenters. The maximum Gasteiger partial charge on any atom is 0.332 e. The number of hydrogen-bond donors (Lipinski definition) is 1. The van der Waals surface area contributed by atoms with Gasteiger partial charge in [-0.05, 0) is 33.1 Å². The number of imidazole rings is 1. The largest absolute Gasteiger partial charge is 0.469 e. The lowest BCUT2D eigenvalue weighted by molar-refractivity contribution is -0.140. The molecule has 3 heterocycles. The van der Waals surface area contributed by atoms with E-state index in [1.54, 1.807) is 7.05 Å². The smallest absolute Gasteiger partial charge is 0.332 e. The second kappa shape index (κ2) is 9.51. The van der Waals surface area contributed by atoms with Crippen LogP contribution in [0.25, 0.3) is 11.2 Å². The number of hydrogen-bond acceptors (Lipinski definition) is 7. The van der Waals surface area contributed by atoms with Gasteiger partial charge in [0.1, 0.15) is 0 Å². The molecule has 170 valence electrons. The van der Waals surface area contributed by atoms with Crippen LogP contribution in [0.2, 0.25) is 0 Å². The first-order chi connectivity index (χ1) is 14.7. The third kappa shape index (κ3) is 4.73. The molecule has 0 amide bonds. The van der Waals surface area contributed by atoms with Gasteiger partial charge >= 0.3 is 11.7 Å². The number of aromatic nitrogens is 4. The van der Waals surface area contributed by atoms with Crippen molar-refractivity contribution in [2.24, 2.45) is 12.8 Å². The number of rotatable bonds is 7. The molecule has 2 aromatic heterocycles. The maximum atomic E-state index is 13.4. The zero-order valence-corrected chi connectivity index (χ0v) is 18.8. The van der Waals surface area contributed by atoms with Gasteiger partial charge in [-0.1, -0.05) is 11.6 Å². The Labute approximate surface area is 180 Å². The summed E-state index contributed by atoms with van der Waals surface area (Å²) in [6.07, 6.45) is 4.40. The van der Waals surface area contributed by atoms with Gasteiger partial charge in [0.25, 0.3) is 5.56 Å². The number of piperidine rings is 1. The summed E-state index contributed by atoms with van der Waals surface area (Å²) < 4.78 is 9.11. The molecule has 10 nitrogen and oxygen atoms in total. The zero-order chi connectivity index (χ0) is 22.7. The molecule has 0 aromatic carbocycles. The minimum absolute atomic E-state index is 0.0456. The molecule has 1 aliphatic heterocycles. The molecule has 1 atom stereocenters. The molecule has 0 saturated carbocycles. The van der Waals surface area contributed by atoms with Crippen molar-refractivity contribution in [1.82, 2.24) is 18.7 Å². The van der Waals surface area contributed by atoms with E-state index in [4.69, 9.17) is 10.7 Å². The van der Waals surface area contributed by atoms with Crippen LogP contribution in [0.4, 0.5) is 5.95 Å². The van der Waals surface area contributed by atoms with E-state index < -0.39 is 11.2 Å². The number of aryl methyl sites for hydroxylation is 1. The number of anilines is 1. The van der Waals surface area contributed by atoms with Crippen LogP contribution in [0.15, 0.2) is 21.2 Å². The summed E-state index contributed by atoms with van der Waals surface area (Å²) in [4.78, 5) is 44.5. The second-order valence-corrected chi connectivity index (χ2v) is 8.30. The average molecular weight is 433 g/mol. The highest BCUT2D eigenvalue weighted by Gasteiger charge is 2.26. The summed E-state index contributed by atoms with van der Waals surface area (Å²) in [5, 5.41) is 0. The Balaban J connectivity index is 2.14. The fourth-order valence-electron chi connectivity index (χ4n) is 3.92. The fourth-order valence-corrected chi connectivity index (χ4v) is 3.92. The van der Waals surface area contributed by atoms with E-state index in [1.807, 2.05) is 24.5 Å². The Morgan fingerprint density at radius 2 is 2.03 bits per heavy atom. The van der Waals surface area contributed by atoms with E-state index in [0.717, 1.165) is 25.0 Å². The molecule has 10 heteroatoms. The lowest BCUT2D eigenvalue weighted by Gasteiger charge is -2.31. The normalized spacial score (nSPS) is 16.5. The number of carbonyl (C=O) groups is 1. The average Bonchev–Trinajstić information content (AvgIpc) is 3.12. The van der Waals surface area contributed by atoms with Crippen molar-refractivity contribution in [3.63, 3.8) is 0 Å².